The number of cyclic esters (lactones) is 1. The van der Waals surface area contributed by atoms with Gasteiger partial charge in [0.2, 0.25) is 13.6 Å². The second kappa shape index (κ2) is 9.40. The number of nitrogens with one attached hydrogen (secondary N) is 1. The highest BCUT2D eigenvalue weighted by molar-refractivity contribution is 7.80. The van der Waals surface area contributed by atoms with Gasteiger partial charge < -0.3 is 33.7 Å². The minimum Gasteiger partial charge on any atom is -0.454 e. The highest BCUT2D eigenvalue weighted by Gasteiger charge is 2.42. The number of alkyl halides is 1. The fourth-order valence-electron chi connectivity index (χ4n) is 4.44. The van der Waals surface area contributed by atoms with Crippen molar-refractivity contribution in [3.05, 3.63) is 76.9 Å². The quantitative estimate of drug-likeness (QED) is 0.276. The molecule has 0 spiro atoms. The number of rotatable bonds is 6. The predicted octanol–water partition coefficient (Wildman–Crippen LogP) is 4.83. The number of ether oxygens (including phenoxy) is 6. The number of para-hydroxylation sites is 1. The Morgan fingerprint density at radius 2 is 1.81 bits per heavy atom. The van der Waals surface area contributed by atoms with Crippen LogP contribution in [0.4, 0.5) is 0 Å². The minimum atomic E-state index is -0.725. The van der Waals surface area contributed by atoms with Gasteiger partial charge in [-0.1, -0.05) is 30.3 Å². The molecule has 3 aliphatic rings. The van der Waals surface area contributed by atoms with Gasteiger partial charge >= 0.3 is 5.97 Å². The zero-order valence-electron chi connectivity index (χ0n) is 18.8. The summed E-state index contributed by atoms with van der Waals surface area (Å²) in [5.74, 6) is 2.20. The molecule has 1 N–H and O–H groups in total. The molecule has 3 heterocycles. The molecule has 0 bridgehead atoms. The molecule has 0 fully saturated rings. The van der Waals surface area contributed by atoms with Crippen molar-refractivity contribution >= 4 is 35.0 Å². The molecule has 3 aromatic carbocycles. The van der Waals surface area contributed by atoms with Gasteiger partial charge in [0.1, 0.15) is 22.8 Å². The Kier molecular flexibility index (Phi) is 5.94. The molecule has 10 heteroatoms. The van der Waals surface area contributed by atoms with E-state index in [9.17, 15) is 4.79 Å². The van der Waals surface area contributed by atoms with Gasteiger partial charge in [0.15, 0.2) is 23.0 Å². The van der Waals surface area contributed by atoms with Crippen molar-refractivity contribution in [1.29, 1.82) is 0 Å². The highest BCUT2D eigenvalue weighted by atomic mass is 35.5. The topological polar surface area (TPSA) is 84.5 Å². The van der Waals surface area contributed by atoms with Gasteiger partial charge in [-0.2, -0.15) is 0 Å². The Morgan fingerprint density at radius 1 is 1.03 bits per heavy atom. The molecule has 0 aliphatic carbocycles. The minimum absolute atomic E-state index is 0.0582. The molecule has 0 aromatic heterocycles. The van der Waals surface area contributed by atoms with Crippen LogP contribution in [0, 0.1) is 0 Å². The molecule has 3 aliphatic heterocycles. The second-order valence-electron chi connectivity index (χ2n) is 8.29. The molecular formula is C26H20ClNO7S. The molecule has 0 amide bonds. The Labute approximate surface area is 217 Å². The van der Waals surface area contributed by atoms with Gasteiger partial charge in [-0.25, -0.2) is 4.79 Å². The van der Waals surface area contributed by atoms with E-state index in [0.717, 1.165) is 5.56 Å². The van der Waals surface area contributed by atoms with Gasteiger partial charge in [-0.15, -0.1) is 11.6 Å². The van der Waals surface area contributed by atoms with E-state index in [1.165, 1.54) is 0 Å². The first kappa shape index (κ1) is 22.8. The van der Waals surface area contributed by atoms with E-state index < -0.39 is 17.5 Å². The summed E-state index contributed by atoms with van der Waals surface area (Å²) < 4.78 is 33.6. The summed E-state index contributed by atoms with van der Waals surface area (Å²) >= 11 is 12.2. The van der Waals surface area contributed by atoms with Crippen LogP contribution in [0.15, 0.2) is 54.6 Å². The molecule has 6 rings (SSSR count). The highest BCUT2D eigenvalue weighted by Crippen LogP contribution is 2.52. The Bertz CT molecular complexity index is 1350. The molecular weight excluding hydrogens is 506 g/mol. The standard InChI is InChI=1S/C26H20ClNO7S/c27-21(23-16-6-7-18-24(33-12-30-18)20(16)25(29)35-23)17-10-14(11-19-22(17)32-13-31-19)8-9-28-26(36)34-15-4-2-1-3-5-15/h1-7,10-11,21,23H,8-9,12-13H2,(H,28,36). The molecule has 0 radical (unpaired) electrons. The first-order valence-corrected chi connectivity index (χ1v) is 12.1. The number of thiocarbonyl (C=S) groups is 1. The average molecular weight is 526 g/mol. The fraction of sp³-hybridized carbons (Fsp3) is 0.231. The van der Waals surface area contributed by atoms with Crippen LogP contribution in [0.25, 0.3) is 0 Å². The van der Waals surface area contributed by atoms with E-state index in [0.29, 0.717) is 58.4 Å². The lowest BCUT2D eigenvalue weighted by Gasteiger charge is -2.20. The van der Waals surface area contributed by atoms with Gasteiger partial charge in [0.25, 0.3) is 5.17 Å². The summed E-state index contributed by atoms with van der Waals surface area (Å²) in [6, 6.07) is 16.7. The lowest BCUT2D eigenvalue weighted by molar-refractivity contribution is 0.0372. The summed E-state index contributed by atoms with van der Waals surface area (Å²) in [5, 5.41) is 2.66. The predicted molar refractivity (Wildman–Crippen MR) is 133 cm³/mol. The smallest absolute Gasteiger partial charge is 0.343 e. The maximum atomic E-state index is 12.7. The lowest BCUT2D eigenvalue weighted by Crippen LogP contribution is -2.28. The van der Waals surface area contributed by atoms with Crippen molar-refractivity contribution in [3.8, 4) is 28.7 Å². The van der Waals surface area contributed by atoms with Crippen molar-refractivity contribution in [2.24, 2.45) is 0 Å². The normalized spacial score (nSPS) is 17.4. The Morgan fingerprint density at radius 3 is 2.64 bits per heavy atom. The van der Waals surface area contributed by atoms with Crippen molar-refractivity contribution in [2.45, 2.75) is 17.9 Å². The van der Waals surface area contributed by atoms with E-state index in [4.69, 9.17) is 52.2 Å². The average Bonchev–Trinajstić information content (AvgIpc) is 3.62. The van der Waals surface area contributed by atoms with Crippen LogP contribution in [0.2, 0.25) is 0 Å². The SMILES string of the molecule is O=C1OC(C(Cl)c2cc(CCNC(=S)Oc3ccccc3)cc3c2OCO3)c2ccc3c(c21)OCO3. The molecule has 0 saturated heterocycles. The first-order chi connectivity index (χ1) is 17.6. The maximum Gasteiger partial charge on any atom is 0.343 e. The first-order valence-electron chi connectivity index (χ1n) is 11.3. The number of hydrogen-bond acceptors (Lipinski definition) is 8. The molecule has 2 atom stereocenters. The van der Waals surface area contributed by atoms with E-state index >= 15 is 0 Å². The van der Waals surface area contributed by atoms with E-state index in [2.05, 4.69) is 5.32 Å². The molecule has 184 valence electrons. The molecule has 8 nitrogen and oxygen atoms in total. The molecule has 3 aromatic rings. The van der Waals surface area contributed by atoms with Gasteiger partial charge in [0.05, 0.1) is 0 Å². The number of halogens is 1. The van der Waals surface area contributed by atoms with Crippen LogP contribution in [-0.2, 0) is 11.2 Å². The summed E-state index contributed by atoms with van der Waals surface area (Å²) in [4.78, 5) is 12.7. The number of carbonyl (C=O) groups is 1. The second-order valence-corrected chi connectivity index (χ2v) is 9.13. The largest absolute Gasteiger partial charge is 0.454 e. The number of carbonyl (C=O) groups excluding carboxylic acids is 1. The zero-order valence-corrected chi connectivity index (χ0v) is 20.4. The van der Waals surface area contributed by atoms with Crippen molar-refractivity contribution in [1.82, 2.24) is 5.32 Å². The molecule has 36 heavy (non-hydrogen) atoms. The van der Waals surface area contributed by atoms with Crippen molar-refractivity contribution in [3.63, 3.8) is 0 Å². The third kappa shape index (κ3) is 4.14. The van der Waals surface area contributed by atoms with E-state index in [-0.39, 0.29) is 18.8 Å². The van der Waals surface area contributed by atoms with Crippen LogP contribution in [0.3, 0.4) is 0 Å². The van der Waals surface area contributed by atoms with E-state index in [1.807, 2.05) is 42.5 Å². The van der Waals surface area contributed by atoms with Crippen LogP contribution >= 0.6 is 23.8 Å². The van der Waals surface area contributed by atoms with Crippen LogP contribution < -0.4 is 29.0 Å². The van der Waals surface area contributed by atoms with E-state index in [1.54, 1.807) is 12.1 Å². The van der Waals surface area contributed by atoms with Crippen LogP contribution in [0.5, 0.6) is 28.7 Å². The van der Waals surface area contributed by atoms with Crippen LogP contribution in [0.1, 0.15) is 38.5 Å². The third-order valence-electron chi connectivity index (χ3n) is 6.08. The number of esters is 1. The Hall–Kier alpha value is -3.69. The molecule has 2 unspecified atom stereocenters. The van der Waals surface area contributed by atoms with Crippen LogP contribution in [-0.4, -0.2) is 31.3 Å². The van der Waals surface area contributed by atoms with Crippen molar-refractivity contribution in [2.75, 3.05) is 20.1 Å². The Balaban J connectivity index is 1.20. The molecule has 0 saturated carbocycles. The number of fused-ring (bicyclic) bond motifs is 4. The number of benzene rings is 3. The maximum absolute atomic E-state index is 12.7. The summed E-state index contributed by atoms with van der Waals surface area (Å²) in [6.07, 6.45) is -0.108. The number of hydrogen-bond donors (Lipinski definition) is 1. The third-order valence-corrected chi connectivity index (χ3v) is 6.77. The van der Waals surface area contributed by atoms with Gasteiger partial charge in [0, 0.05) is 17.7 Å². The summed E-state index contributed by atoms with van der Waals surface area (Å²) in [7, 11) is 0. The lowest BCUT2D eigenvalue weighted by atomic mass is 9.95. The summed E-state index contributed by atoms with van der Waals surface area (Å²) in [5.41, 5.74) is 2.62. The van der Waals surface area contributed by atoms with Gasteiger partial charge in [-0.3, -0.25) is 0 Å². The zero-order chi connectivity index (χ0) is 24.6. The fourth-order valence-corrected chi connectivity index (χ4v) is 4.99. The summed E-state index contributed by atoms with van der Waals surface area (Å²) in [6.45, 7) is 0.674. The monoisotopic (exact) mass is 525 g/mol. The van der Waals surface area contributed by atoms with Gasteiger partial charge in [-0.05, 0) is 48.5 Å². The van der Waals surface area contributed by atoms with Crippen molar-refractivity contribution < 1.29 is 33.2 Å².